The number of hydrogen-bond acceptors (Lipinski definition) is 6. The smallest absolute Gasteiger partial charge is 0.184 e. The van der Waals surface area contributed by atoms with Crippen molar-refractivity contribution in [1.82, 2.24) is 0 Å². The average molecular weight is 374 g/mol. The molecule has 0 radical (unpaired) electrons. The second-order valence-electron chi connectivity index (χ2n) is 6.63. The van der Waals surface area contributed by atoms with E-state index in [0.717, 1.165) is 10.5 Å². The summed E-state index contributed by atoms with van der Waals surface area (Å²) in [5.41, 5.74) is 1.47. The Morgan fingerprint density at radius 3 is 2.38 bits per heavy atom. The predicted octanol–water partition coefficient (Wildman–Crippen LogP) is 2.65. The molecule has 0 spiro atoms. The highest BCUT2D eigenvalue weighted by Gasteiger charge is 2.49. The Kier molecular flexibility index (Phi) is 5.31. The molecule has 0 aliphatic carbocycles. The number of rotatable bonds is 3. The van der Waals surface area contributed by atoms with Crippen LogP contribution in [0.1, 0.15) is 17.4 Å². The highest BCUT2D eigenvalue weighted by molar-refractivity contribution is 7.99. The van der Waals surface area contributed by atoms with Gasteiger partial charge in [0.05, 0.1) is 6.61 Å². The number of aliphatic hydroxyl groups is 2. The molecule has 2 aliphatic rings. The molecule has 2 heterocycles. The lowest BCUT2D eigenvalue weighted by Crippen LogP contribution is -2.60. The first-order chi connectivity index (χ1) is 12.6. The van der Waals surface area contributed by atoms with Crippen LogP contribution in [-0.4, -0.2) is 46.7 Å². The molecule has 0 aromatic heterocycles. The number of aryl methyl sites for hydroxylation is 1. The summed E-state index contributed by atoms with van der Waals surface area (Å²) >= 11 is 1.39. The van der Waals surface area contributed by atoms with Crippen LogP contribution >= 0.6 is 11.8 Å². The van der Waals surface area contributed by atoms with Crippen LogP contribution in [0, 0.1) is 6.92 Å². The molecule has 2 saturated heterocycles. The molecule has 138 valence electrons. The van der Waals surface area contributed by atoms with E-state index in [0.29, 0.717) is 6.61 Å². The van der Waals surface area contributed by atoms with Gasteiger partial charge < -0.3 is 24.4 Å². The second kappa shape index (κ2) is 7.68. The normalized spacial score (nSPS) is 34.3. The van der Waals surface area contributed by atoms with Crippen LogP contribution in [0.2, 0.25) is 0 Å². The van der Waals surface area contributed by atoms with Gasteiger partial charge in [-0.1, -0.05) is 59.8 Å². The summed E-state index contributed by atoms with van der Waals surface area (Å²) in [7, 11) is 0. The lowest BCUT2D eigenvalue weighted by molar-refractivity contribution is -0.318. The third-order valence-corrected chi connectivity index (χ3v) is 5.84. The molecule has 6 heteroatoms. The lowest BCUT2D eigenvalue weighted by Gasteiger charge is -2.46. The van der Waals surface area contributed by atoms with Gasteiger partial charge in [0.2, 0.25) is 0 Å². The topological polar surface area (TPSA) is 68.2 Å². The molecule has 2 aliphatic heterocycles. The van der Waals surface area contributed by atoms with Gasteiger partial charge in [-0.15, -0.1) is 0 Å². The summed E-state index contributed by atoms with van der Waals surface area (Å²) < 4.78 is 17.7. The van der Waals surface area contributed by atoms with Crippen LogP contribution in [0.15, 0.2) is 59.5 Å². The van der Waals surface area contributed by atoms with Crippen LogP contribution in [0.4, 0.5) is 0 Å². The maximum Gasteiger partial charge on any atom is 0.184 e. The van der Waals surface area contributed by atoms with Crippen molar-refractivity contribution in [3.63, 3.8) is 0 Å². The van der Waals surface area contributed by atoms with E-state index in [9.17, 15) is 10.2 Å². The third kappa shape index (κ3) is 3.67. The number of ether oxygens (including phenoxy) is 3. The van der Waals surface area contributed by atoms with Crippen molar-refractivity contribution in [2.24, 2.45) is 0 Å². The molecule has 2 aromatic rings. The van der Waals surface area contributed by atoms with Gasteiger partial charge in [0.15, 0.2) is 6.29 Å². The fourth-order valence-electron chi connectivity index (χ4n) is 3.21. The number of fused-ring (bicyclic) bond motifs is 1. The van der Waals surface area contributed by atoms with Crippen LogP contribution in [0.5, 0.6) is 0 Å². The van der Waals surface area contributed by atoms with Crippen molar-refractivity contribution in [2.45, 2.75) is 48.0 Å². The summed E-state index contributed by atoms with van der Waals surface area (Å²) in [5.74, 6) is 0. The average Bonchev–Trinajstić information content (AvgIpc) is 2.68. The van der Waals surface area contributed by atoms with E-state index in [2.05, 4.69) is 0 Å². The monoisotopic (exact) mass is 374 g/mol. The molecule has 2 fully saturated rings. The Morgan fingerprint density at radius 2 is 1.65 bits per heavy atom. The quantitative estimate of drug-likeness (QED) is 0.861. The zero-order chi connectivity index (χ0) is 18.1. The molecule has 0 saturated carbocycles. The molecular weight excluding hydrogens is 352 g/mol. The van der Waals surface area contributed by atoms with Gasteiger partial charge in [-0.05, 0) is 19.1 Å². The predicted molar refractivity (Wildman–Crippen MR) is 97.7 cm³/mol. The molecule has 0 amide bonds. The van der Waals surface area contributed by atoms with Crippen molar-refractivity contribution in [2.75, 3.05) is 6.61 Å². The minimum Gasteiger partial charge on any atom is -0.387 e. The van der Waals surface area contributed by atoms with Gasteiger partial charge in [-0.2, -0.15) is 0 Å². The van der Waals surface area contributed by atoms with Crippen LogP contribution in [0.3, 0.4) is 0 Å². The Bertz CT molecular complexity index is 721. The molecule has 6 atom stereocenters. The van der Waals surface area contributed by atoms with Crippen LogP contribution < -0.4 is 0 Å². The molecular formula is C20H22O5S. The van der Waals surface area contributed by atoms with E-state index in [1.165, 1.54) is 17.3 Å². The molecule has 26 heavy (non-hydrogen) atoms. The minimum absolute atomic E-state index is 0.305. The van der Waals surface area contributed by atoms with E-state index in [-0.39, 0.29) is 0 Å². The third-order valence-electron chi connectivity index (χ3n) is 4.68. The summed E-state index contributed by atoms with van der Waals surface area (Å²) in [6, 6.07) is 17.5. The SMILES string of the molecule is Cc1ccc(S[C@@H]2OC3COC(c4ccccc4)O[C@@H]3[C@H](O)C2O)cc1. The molecule has 4 rings (SSSR count). The fraction of sp³-hybridized carbons (Fsp3) is 0.400. The summed E-state index contributed by atoms with van der Waals surface area (Å²) in [6.45, 7) is 2.33. The Morgan fingerprint density at radius 1 is 0.923 bits per heavy atom. The van der Waals surface area contributed by atoms with E-state index in [4.69, 9.17) is 14.2 Å². The van der Waals surface area contributed by atoms with Gasteiger partial charge in [0.1, 0.15) is 29.9 Å². The maximum atomic E-state index is 10.6. The highest BCUT2D eigenvalue weighted by atomic mass is 32.2. The van der Waals surface area contributed by atoms with Crippen LogP contribution in [0.25, 0.3) is 0 Å². The number of aliphatic hydroxyl groups excluding tert-OH is 2. The molecule has 5 nitrogen and oxygen atoms in total. The zero-order valence-corrected chi connectivity index (χ0v) is 15.2. The fourth-order valence-corrected chi connectivity index (χ4v) is 4.27. The minimum atomic E-state index is -1.04. The van der Waals surface area contributed by atoms with Gasteiger partial charge in [-0.25, -0.2) is 0 Å². The summed E-state index contributed by atoms with van der Waals surface area (Å²) in [4.78, 5) is 0.977. The van der Waals surface area contributed by atoms with Gasteiger partial charge in [0, 0.05) is 10.5 Å². The Hall–Kier alpha value is -1.41. The first-order valence-electron chi connectivity index (χ1n) is 8.69. The number of benzene rings is 2. The van der Waals surface area contributed by atoms with Crippen LogP contribution in [-0.2, 0) is 14.2 Å². The molecule has 3 unspecified atom stereocenters. The van der Waals surface area contributed by atoms with Crippen molar-refractivity contribution in [3.05, 3.63) is 65.7 Å². The maximum absolute atomic E-state index is 10.6. The van der Waals surface area contributed by atoms with Crippen molar-refractivity contribution in [1.29, 1.82) is 0 Å². The van der Waals surface area contributed by atoms with Gasteiger partial charge >= 0.3 is 0 Å². The lowest BCUT2D eigenvalue weighted by atomic mass is 9.99. The van der Waals surface area contributed by atoms with E-state index < -0.39 is 36.1 Å². The van der Waals surface area contributed by atoms with Gasteiger partial charge in [-0.3, -0.25) is 0 Å². The summed E-state index contributed by atoms with van der Waals surface area (Å²) in [5, 5.41) is 21.1. The largest absolute Gasteiger partial charge is 0.387 e. The molecule has 2 aromatic carbocycles. The first-order valence-corrected chi connectivity index (χ1v) is 9.57. The number of hydrogen-bond donors (Lipinski definition) is 2. The zero-order valence-electron chi connectivity index (χ0n) is 14.4. The Labute approximate surface area is 156 Å². The van der Waals surface area contributed by atoms with E-state index in [1.807, 2.05) is 61.5 Å². The summed E-state index contributed by atoms with van der Waals surface area (Å²) in [6.07, 6.45) is -3.69. The van der Waals surface area contributed by atoms with Crippen molar-refractivity contribution in [3.8, 4) is 0 Å². The number of thioether (sulfide) groups is 1. The highest BCUT2D eigenvalue weighted by Crippen LogP contribution is 2.38. The second-order valence-corrected chi connectivity index (χ2v) is 7.80. The van der Waals surface area contributed by atoms with Crippen molar-refractivity contribution < 1.29 is 24.4 Å². The first kappa shape index (κ1) is 18.0. The molecule has 0 bridgehead atoms. The molecule has 2 N–H and O–H groups in total. The van der Waals surface area contributed by atoms with E-state index in [1.54, 1.807) is 0 Å². The van der Waals surface area contributed by atoms with Gasteiger partial charge in [0.25, 0.3) is 0 Å². The van der Waals surface area contributed by atoms with E-state index >= 15 is 0 Å². The van der Waals surface area contributed by atoms with Crippen molar-refractivity contribution >= 4 is 11.8 Å². The Balaban J connectivity index is 1.45. The standard InChI is InChI=1S/C20H22O5S/c1-12-7-9-14(10-8-12)26-20-17(22)16(21)18-15(24-20)11-23-19(25-18)13-5-3-2-4-6-13/h2-10,15-22H,11H2,1H3/t15?,16-,17?,18+,19?,20+/m1/s1.